The smallest absolute Gasteiger partial charge is 0.247 e. The van der Waals surface area contributed by atoms with Crippen LogP contribution in [0.4, 0.5) is 5.69 Å². The van der Waals surface area contributed by atoms with Gasteiger partial charge in [-0.05, 0) is 30.2 Å². The van der Waals surface area contributed by atoms with Gasteiger partial charge in [-0.2, -0.15) is 4.98 Å². The van der Waals surface area contributed by atoms with Crippen molar-refractivity contribution in [2.45, 2.75) is 38.6 Å². The highest BCUT2D eigenvalue weighted by Gasteiger charge is 2.37. The predicted molar refractivity (Wildman–Crippen MR) is 132 cm³/mol. The summed E-state index contributed by atoms with van der Waals surface area (Å²) >= 11 is 1.52. The molecule has 2 aromatic carbocycles. The number of carbonyl (C=O) groups excluding carboxylic acids is 1. The minimum Gasteiger partial charge on any atom is -0.497 e. The van der Waals surface area contributed by atoms with Crippen LogP contribution in [-0.4, -0.2) is 41.1 Å². The zero-order valence-corrected chi connectivity index (χ0v) is 20.8. The highest BCUT2D eigenvalue weighted by atomic mass is 32.2. The van der Waals surface area contributed by atoms with Gasteiger partial charge < -0.3 is 14.2 Å². The van der Waals surface area contributed by atoms with E-state index in [1.165, 1.54) is 11.8 Å². The molecule has 178 valence electrons. The largest absolute Gasteiger partial charge is 0.497 e. The first-order valence-corrected chi connectivity index (χ1v) is 12.1. The number of carbonyl (C=O) groups is 1. The third kappa shape index (κ3) is 4.65. The number of benzene rings is 2. The van der Waals surface area contributed by atoms with Gasteiger partial charge in [-0.1, -0.05) is 50.7 Å². The van der Waals surface area contributed by atoms with E-state index in [0.717, 1.165) is 11.3 Å². The van der Waals surface area contributed by atoms with E-state index in [0.29, 0.717) is 45.4 Å². The Bertz CT molecular complexity index is 1190. The van der Waals surface area contributed by atoms with Crippen molar-refractivity contribution in [3.63, 3.8) is 0 Å². The number of rotatable bonds is 7. The predicted octanol–water partition coefficient (Wildman–Crippen LogP) is 5.14. The van der Waals surface area contributed by atoms with Crippen LogP contribution < -0.4 is 19.1 Å². The summed E-state index contributed by atoms with van der Waals surface area (Å²) < 4.78 is 17.6. The van der Waals surface area contributed by atoms with Crippen LogP contribution in [0.2, 0.25) is 0 Å². The fraction of sp³-hybridized carbons (Fsp3) is 0.360. The molecule has 0 bridgehead atoms. The van der Waals surface area contributed by atoms with Crippen LogP contribution in [0.5, 0.6) is 17.4 Å². The Morgan fingerprint density at radius 2 is 1.94 bits per heavy atom. The average Bonchev–Trinajstić information content (AvgIpc) is 3.00. The lowest BCUT2D eigenvalue weighted by atomic mass is 10.1. The molecule has 0 saturated heterocycles. The number of thioether (sulfide) groups is 1. The highest BCUT2D eigenvalue weighted by molar-refractivity contribution is 7.99. The molecule has 1 aliphatic heterocycles. The van der Waals surface area contributed by atoms with Crippen LogP contribution in [0.1, 0.15) is 39.0 Å². The average molecular weight is 481 g/mol. The molecule has 0 aliphatic carbocycles. The van der Waals surface area contributed by atoms with Crippen molar-refractivity contribution in [1.29, 1.82) is 0 Å². The molecule has 0 spiro atoms. The summed E-state index contributed by atoms with van der Waals surface area (Å²) in [6.07, 6.45) is -0.564. The molecule has 0 radical (unpaired) electrons. The van der Waals surface area contributed by atoms with Crippen molar-refractivity contribution >= 4 is 23.4 Å². The highest BCUT2D eigenvalue weighted by Crippen LogP contribution is 2.45. The summed E-state index contributed by atoms with van der Waals surface area (Å²) in [5, 5.41) is 9.32. The number of ether oxygens (including phenoxy) is 3. The second-order valence-corrected chi connectivity index (χ2v) is 9.15. The first kappa shape index (κ1) is 23.8. The van der Waals surface area contributed by atoms with E-state index in [1.807, 2.05) is 37.3 Å². The SMILES string of the molecule is CCC(=O)N1c2ccccc2-c2nnc(SCC(C)C)nc2O[C@@H]1c1cc(OC)ccc1OC. The number of anilines is 1. The molecule has 1 amide bonds. The number of methoxy groups -OCH3 is 2. The first-order valence-electron chi connectivity index (χ1n) is 11.1. The van der Waals surface area contributed by atoms with Gasteiger partial charge in [0.25, 0.3) is 0 Å². The molecule has 1 aliphatic rings. The number of aromatic nitrogens is 3. The van der Waals surface area contributed by atoms with Gasteiger partial charge in [0.2, 0.25) is 23.2 Å². The number of hydrogen-bond donors (Lipinski definition) is 0. The normalized spacial score (nSPS) is 14.6. The molecule has 0 unspecified atom stereocenters. The molecule has 3 aromatic rings. The minimum absolute atomic E-state index is 0.113. The van der Waals surface area contributed by atoms with Crippen LogP contribution in [-0.2, 0) is 4.79 Å². The van der Waals surface area contributed by atoms with Crippen LogP contribution in [0, 0.1) is 5.92 Å². The van der Waals surface area contributed by atoms with Crippen LogP contribution in [0.25, 0.3) is 11.3 Å². The molecule has 34 heavy (non-hydrogen) atoms. The number of amides is 1. The Morgan fingerprint density at radius 3 is 2.65 bits per heavy atom. The molecular formula is C25H28N4O4S. The molecule has 1 aromatic heterocycles. The maximum atomic E-state index is 13.3. The summed E-state index contributed by atoms with van der Waals surface area (Å²) in [5.74, 6) is 2.71. The van der Waals surface area contributed by atoms with Gasteiger partial charge in [-0.15, -0.1) is 10.2 Å². The molecule has 0 N–H and O–H groups in total. The van der Waals surface area contributed by atoms with Gasteiger partial charge in [-0.3, -0.25) is 9.69 Å². The van der Waals surface area contributed by atoms with Crippen molar-refractivity contribution < 1.29 is 19.0 Å². The Kier molecular flexibility index (Phi) is 7.21. The van der Waals surface area contributed by atoms with E-state index in [2.05, 4.69) is 24.0 Å². The van der Waals surface area contributed by atoms with Crippen molar-refractivity contribution in [3.8, 4) is 28.6 Å². The van der Waals surface area contributed by atoms with E-state index in [9.17, 15) is 4.79 Å². The third-order valence-electron chi connectivity index (χ3n) is 5.33. The first-order chi connectivity index (χ1) is 16.5. The zero-order chi connectivity index (χ0) is 24.2. The van der Waals surface area contributed by atoms with Gasteiger partial charge in [0.15, 0.2) is 5.69 Å². The van der Waals surface area contributed by atoms with Gasteiger partial charge in [0.05, 0.1) is 25.5 Å². The molecule has 1 atom stereocenters. The summed E-state index contributed by atoms with van der Waals surface area (Å²) in [5.41, 5.74) is 2.52. The molecule has 0 saturated carbocycles. The number of hydrogen-bond acceptors (Lipinski definition) is 8. The Morgan fingerprint density at radius 1 is 1.15 bits per heavy atom. The maximum absolute atomic E-state index is 13.3. The van der Waals surface area contributed by atoms with Gasteiger partial charge in [-0.25, -0.2) is 0 Å². The van der Waals surface area contributed by atoms with E-state index >= 15 is 0 Å². The van der Waals surface area contributed by atoms with Gasteiger partial charge in [0, 0.05) is 17.7 Å². The fourth-order valence-corrected chi connectivity index (χ4v) is 4.42. The maximum Gasteiger partial charge on any atom is 0.247 e. The lowest BCUT2D eigenvalue weighted by Crippen LogP contribution is -2.37. The number of fused-ring (bicyclic) bond motifs is 3. The molecule has 9 heteroatoms. The van der Waals surface area contributed by atoms with Crippen molar-refractivity contribution in [3.05, 3.63) is 48.0 Å². The Hall–Kier alpha value is -3.33. The number of nitrogens with zero attached hydrogens (tertiary/aromatic N) is 4. The van der Waals surface area contributed by atoms with Crippen molar-refractivity contribution in [1.82, 2.24) is 15.2 Å². The van der Waals surface area contributed by atoms with Crippen LogP contribution in [0.3, 0.4) is 0 Å². The summed E-state index contributed by atoms with van der Waals surface area (Å²) in [7, 11) is 3.18. The topological polar surface area (TPSA) is 86.7 Å². The molecule has 8 nitrogen and oxygen atoms in total. The third-order valence-corrected chi connectivity index (χ3v) is 6.60. The monoisotopic (exact) mass is 480 g/mol. The summed E-state index contributed by atoms with van der Waals surface area (Å²) in [6.45, 7) is 6.09. The quantitative estimate of drug-likeness (QED) is 0.430. The van der Waals surface area contributed by atoms with Crippen molar-refractivity contribution in [2.75, 3.05) is 24.9 Å². The van der Waals surface area contributed by atoms with E-state index in [1.54, 1.807) is 31.3 Å². The lowest BCUT2D eigenvalue weighted by Gasteiger charge is -2.31. The molecular weight excluding hydrogens is 452 g/mol. The Labute approximate surface area is 203 Å². The second kappa shape index (κ2) is 10.3. The zero-order valence-electron chi connectivity index (χ0n) is 19.9. The second-order valence-electron chi connectivity index (χ2n) is 8.17. The Balaban J connectivity index is 1.93. The number of para-hydroxylation sites is 1. The van der Waals surface area contributed by atoms with Gasteiger partial charge >= 0.3 is 0 Å². The molecule has 2 heterocycles. The standard InChI is InChI=1S/C25H28N4O4S/c1-6-21(30)29-19-10-8-7-9-17(19)22-23(26-25(28-27-22)34-14-15(2)3)33-24(29)18-13-16(31-4)11-12-20(18)32-5/h7-13,15,24H,6,14H2,1-5H3/t24-/m1/s1. The van der Waals surface area contributed by atoms with E-state index in [4.69, 9.17) is 19.2 Å². The van der Waals surface area contributed by atoms with Crippen LogP contribution in [0.15, 0.2) is 47.6 Å². The molecule has 4 rings (SSSR count). The fourth-order valence-electron chi connectivity index (χ4n) is 3.69. The van der Waals surface area contributed by atoms with Crippen LogP contribution >= 0.6 is 11.8 Å². The van der Waals surface area contributed by atoms with Gasteiger partial charge in [0.1, 0.15) is 11.5 Å². The summed E-state index contributed by atoms with van der Waals surface area (Å²) in [6, 6.07) is 13.0. The van der Waals surface area contributed by atoms with E-state index < -0.39 is 6.23 Å². The molecule has 0 fully saturated rings. The summed E-state index contributed by atoms with van der Waals surface area (Å²) in [4.78, 5) is 19.7. The van der Waals surface area contributed by atoms with E-state index in [-0.39, 0.29) is 12.3 Å². The van der Waals surface area contributed by atoms with Crippen molar-refractivity contribution in [2.24, 2.45) is 5.92 Å². The minimum atomic E-state index is -0.848. The lowest BCUT2D eigenvalue weighted by molar-refractivity contribution is -0.120.